The van der Waals surface area contributed by atoms with Crippen LogP contribution in [0.2, 0.25) is 0 Å². The predicted molar refractivity (Wildman–Crippen MR) is 161 cm³/mol. The van der Waals surface area contributed by atoms with Crippen LogP contribution in [0.3, 0.4) is 0 Å². The summed E-state index contributed by atoms with van der Waals surface area (Å²) in [6, 6.07) is 23.5. The third-order valence-corrected chi connectivity index (χ3v) is 7.05. The number of rotatable bonds is 3. The van der Waals surface area contributed by atoms with Gasteiger partial charge in [0.1, 0.15) is 0 Å². The summed E-state index contributed by atoms with van der Waals surface area (Å²) in [4.78, 5) is 0. The maximum absolute atomic E-state index is 8.85. The molecule has 0 aliphatic rings. The van der Waals surface area contributed by atoms with Gasteiger partial charge >= 0.3 is 0 Å². The van der Waals surface area contributed by atoms with Gasteiger partial charge in [0.25, 0.3) is 0 Å². The van der Waals surface area contributed by atoms with Crippen LogP contribution >= 0.6 is 0 Å². The molecule has 0 radical (unpaired) electrons. The summed E-state index contributed by atoms with van der Waals surface area (Å²) >= 11 is 0. The van der Waals surface area contributed by atoms with Crippen molar-refractivity contribution in [3.8, 4) is 22.5 Å². The zero-order valence-electron chi connectivity index (χ0n) is 30.0. The second-order valence-electron chi connectivity index (χ2n) is 9.10. The zero-order chi connectivity index (χ0) is 33.8. The van der Waals surface area contributed by atoms with Crippen molar-refractivity contribution in [3.05, 3.63) is 145 Å². The van der Waals surface area contributed by atoms with E-state index in [4.69, 9.17) is 13.7 Å². The Kier molecular flexibility index (Phi) is 2.91. The van der Waals surface area contributed by atoms with Crippen LogP contribution in [-0.2, 0) is 0 Å². The molecule has 38 heavy (non-hydrogen) atoms. The molecular weight excluding hydrogens is 460 g/mol. The maximum atomic E-state index is 8.85. The number of hydrogen-bond acceptors (Lipinski definition) is 0. The van der Waals surface area contributed by atoms with Crippen LogP contribution in [0.1, 0.15) is 13.7 Å². The topological polar surface area (TPSA) is 9.86 Å². The van der Waals surface area contributed by atoms with Crippen LogP contribution in [0.15, 0.2) is 145 Å². The second-order valence-corrected chi connectivity index (χ2v) is 9.10. The highest BCUT2D eigenvalue weighted by Crippen LogP contribution is 2.38. The molecule has 0 N–H and O–H groups in total. The smallest absolute Gasteiger partial charge is 0.0645 e. The van der Waals surface area contributed by atoms with Gasteiger partial charge in [-0.25, -0.2) is 0 Å². The number of aromatic nitrogens is 2. The summed E-state index contributed by atoms with van der Waals surface area (Å²) in [5, 5.41) is 1.98. The van der Waals surface area contributed by atoms with Gasteiger partial charge in [0.2, 0.25) is 0 Å². The molecule has 0 aliphatic carbocycles. The van der Waals surface area contributed by atoms with Crippen LogP contribution in [-0.4, -0.2) is 9.13 Å². The lowest BCUT2D eigenvalue weighted by molar-refractivity contribution is 1.18. The standard InChI is InChI=1S/C36H24N2/c1-3-11-27(12-4-1)37-33-17-9-7-15-29(33)31-23-25(19-21-35(31)37)26-20-22-36-32(24-26)30-16-8-10-18-34(30)38(36)28-13-5-2-6-14-28/h1-24H/i1D,2D,7D,8D,9D,10D,15D,16D,17D,18D. The summed E-state index contributed by atoms with van der Waals surface area (Å²) in [5.41, 5.74) is 4.82. The van der Waals surface area contributed by atoms with Gasteiger partial charge in [-0.15, -0.1) is 0 Å². The first-order valence-corrected chi connectivity index (χ1v) is 12.2. The Morgan fingerprint density at radius 3 is 1.26 bits per heavy atom. The molecule has 8 rings (SSSR count). The monoisotopic (exact) mass is 494 g/mol. The van der Waals surface area contributed by atoms with Crippen molar-refractivity contribution >= 4 is 43.6 Å². The van der Waals surface area contributed by atoms with E-state index in [1.807, 2.05) is 36.4 Å². The van der Waals surface area contributed by atoms with Gasteiger partial charge in [0.15, 0.2) is 0 Å². The van der Waals surface area contributed by atoms with Crippen molar-refractivity contribution in [3.63, 3.8) is 0 Å². The number of hydrogen-bond donors (Lipinski definition) is 0. The highest BCUT2D eigenvalue weighted by Gasteiger charge is 2.15. The SMILES string of the molecule is [2H]c1ccc(-n2c3ccc(-c4ccc5c(c4)c4c([2H])c([2H])c([2H])c([2H])c4n5-c4ccc([2H])cc4)cc3c3c([2H])c([2H])c([2H])c([2H])c32)cc1. The van der Waals surface area contributed by atoms with Crippen molar-refractivity contribution in [1.82, 2.24) is 9.13 Å². The van der Waals surface area contributed by atoms with Gasteiger partial charge in [0, 0.05) is 32.9 Å². The first kappa shape index (κ1) is 13.5. The molecule has 8 aromatic rings. The minimum Gasteiger partial charge on any atom is -0.309 e. The van der Waals surface area contributed by atoms with Crippen LogP contribution in [0, 0.1) is 0 Å². The Hall–Kier alpha value is -5.08. The molecule has 2 heteroatoms. The predicted octanol–water partition coefficient (Wildman–Crippen LogP) is 9.55. The minimum atomic E-state index is -0.336. The van der Waals surface area contributed by atoms with Crippen LogP contribution in [0.4, 0.5) is 0 Å². The van der Waals surface area contributed by atoms with Gasteiger partial charge < -0.3 is 9.13 Å². The second kappa shape index (κ2) is 8.22. The molecule has 0 aliphatic heterocycles. The highest BCUT2D eigenvalue weighted by atomic mass is 15.0. The third kappa shape index (κ3) is 3.07. The Morgan fingerprint density at radius 2 is 0.816 bits per heavy atom. The molecule has 2 nitrogen and oxygen atoms in total. The van der Waals surface area contributed by atoms with E-state index >= 15 is 0 Å². The number of nitrogens with zero attached hydrogens (tertiary/aromatic N) is 2. The van der Waals surface area contributed by atoms with Gasteiger partial charge in [-0.1, -0.05) is 84.7 Å². The van der Waals surface area contributed by atoms with Crippen LogP contribution in [0.25, 0.3) is 66.1 Å². The Morgan fingerprint density at radius 1 is 0.395 bits per heavy atom. The van der Waals surface area contributed by atoms with Crippen LogP contribution < -0.4 is 0 Å². The number of fused-ring (bicyclic) bond motifs is 6. The van der Waals surface area contributed by atoms with Crippen molar-refractivity contribution in [2.75, 3.05) is 0 Å². The molecule has 0 unspecified atom stereocenters. The molecule has 2 heterocycles. The van der Waals surface area contributed by atoms with Crippen molar-refractivity contribution in [2.24, 2.45) is 0 Å². The van der Waals surface area contributed by atoms with E-state index in [9.17, 15) is 0 Å². The Balaban J connectivity index is 1.44. The van der Waals surface area contributed by atoms with E-state index in [0.717, 1.165) is 11.1 Å². The highest BCUT2D eigenvalue weighted by molar-refractivity contribution is 6.12. The summed E-state index contributed by atoms with van der Waals surface area (Å²) in [6.07, 6.45) is 0. The largest absolute Gasteiger partial charge is 0.309 e. The molecule has 0 bridgehead atoms. The van der Waals surface area contributed by atoms with Crippen LogP contribution in [0.5, 0.6) is 0 Å². The fraction of sp³-hybridized carbons (Fsp3) is 0. The number of benzene rings is 6. The lowest BCUT2D eigenvalue weighted by Crippen LogP contribution is -1.93. The molecule has 0 saturated heterocycles. The lowest BCUT2D eigenvalue weighted by atomic mass is 10.0. The molecule has 178 valence electrons. The fourth-order valence-corrected chi connectivity index (χ4v) is 5.39. The lowest BCUT2D eigenvalue weighted by Gasteiger charge is -2.09. The summed E-state index contributed by atoms with van der Waals surface area (Å²) in [6.45, 7) is 0. The third-order valence-electron chi connectivity index (χ3n) is 7.05. The Bertz CT molecular complexity index is 2470. The zero-order valence-corrected chi connectivity index (χ0v) is 20.0. The fourth-order valence-electron chi connectivity index (χ4n) is 5.39. The van der Waals surface area contributed by atoms with E-state index in [1.54, 1.807) is 57.7 Å². The molecule has 6 aromatic carbocycles. The van der Waals surface area contributed by atoms with E-state index in [2.05, 4.69) is 0 Å². The van der Waals surface area contributed by atoms with E-state index in [0.29, 0.717) is 67.1 Å². The van der Waals surface area contributed by atoms with Crippen molar-refractivity contribution in [2.45, 2.75) is 0 Å². The summed E-state index contributed by atoms with van der Waals surface area (Å²) in [5.74, 6) is 0. The van der Waals surface area contributed by atoms with E-state index < -0.39 is 0 Å². The van der Waals surface area contributed by atoms with Crippen molar-refractivity contribution in [1.29, 1.82) is 0 Å². The molecule has 0 fully saturated rings. The number of para-hydroxylation sites is 4. The summed E-state index contributed by atoms with van der Waals surface area (Å²) < 4.78 is 88.4. The normalized spacial score (nSPS) is 15.4. The maximum Gasteiger partial charge on any atom is 0.0645 e. The van der Waals surface area contributed by atoms with Gasteiger partial charge in [-0.2, -0.15) is 0 Å². The van der Waals surface area contributed by atoms with E-state index in [-0.39, 0.29) is 48.3 Å². The molecular formula is C36H24N2. The quantitative estimate of drug-likeness (QED) is 0.231. The van der Waals surface area contributed by atoms with E-state index in [1.165, 1.54) is 0 Å². The first-order valence-electron chi connectivity index (χ1n) is 17.2. The molecule has 0 atom stereocenters. The molecule has 0 spiro atoms. The summed E-state index contributed by atoms with van der Waals surface area (Å²) in [7, 11) is 0. The first-order chi connectivity index (χ1) is 23.0. The average Bonchev–Trinajstić information content (AvgIpc) is 3.62. The molecule has 0 amide bonds. The van der Waals surface area contributed by atoms with Crippen molar-refractivity contribution < 1.29 is 13.7 Å². The van der Waals surface area contributed by atoms with Gasteiger partial charge in [0.05, 0.1) is 35.8 Å². The van der Waals surface area contributed by atoms with Gasteiger partial charge in [-0.05, 0) is 71.7 Å². The molecule has 2 aromatic heterocycles. The molecule has 0 saturated carbocycles. The van der Waals surface area contributed by atoms with Gasteiger partial charge in [-0.3, -0.25) is 0 Å². The average molecular weight is 495 g/mol. The Labute approximate surface area is 234 Å². The minimum absolute atomic E-state index is 0.155.